The van der Waals surface area contributed by atoms with E-state index in [2.05, 4.69) is 50.5 Å². The van der Waals surface area contributed by atoms with Crippen molar-refractivity contribution in [1.29, 1.82) is 0 Å². The molecule has 1 aromatic rings. The Morgan fingerprint density at radius 3 is 2.57 bits per heavy atom. The summed E-state index contributed by atoms with van der Waals surface area (Å²) in [7, 11) is 0. The van der Waals surface area contributed by atoms with Crippen LogP contribution in [0.5, 0.6) is 0 Å². The molecule has 0 amide bonds. The third-order valence-corrected chi connectivity index (χ3v) is 3.07. The molecular formula is C12H19NS. The maximum Gasteiger partial charge on any atom is 0.0207 e. The molecule has 0 aromatic heterocycles. The van der Waals surface area contributed by atoms with Crippen molar-refractivity contribution in [3.8, 4) is 0 Å². The highest BCUT2D eigenvalue weighted by Gasteiger charge is 1.99. The topological polar surface area (TPSA) is 12.0 Å². The Kier molecular flexibility index (Phi) is 4.49. The molecule has 0 saturated carbocycles. The molecule has 1 aromatic carbocycles. The van der Waals surface area contributed by atoms with Crippen LogP contribution in [0.4, 0.5) is 0 Å². The number of rotatable bonds is 4. The van der Waals surface area contributed by atoms with E-state index in [1.165, 1.54) is 16.0 Å². The molecule has 0 saturated heterocycles. The molecule has 1 nitrogen and oxygen atoms in total. The van der Waals surface area contributed by atoms with Gasteiger partial charge in [-0.1, -0.05) is 26.0 Å². The summed E-state index contributed by atoms with van der Waals surface area (Å²) in [5, 5.41) is 3.42. The second kappa shape index (κ2) is 5.42. The molecule has 0 aliphatic carbocycles. The fourth-order valence-corrected chi connectivity index (χ4v) is 1.96. The molecule has 0 spiro atoms. The standard InChI is InChI=1S/C12H19NS/c1-9(2)13-8-11-5-6-12(14-4)10(3)7-11/h5-7,9,13H,8H2,1-4H3. The van der Waals surface area contributed by atoms with Crippen molar-refractivity contribution >= 4 is 11.8 Å². The summed E-state index contributed by atoms with van der Waals surface area (Å²) >= 11 is 1.81. The van der Waals surface area contributed by atoms with Crippen LogP contribution in [0.15, 0.2) is 23.1 Å². The Balaban J connectivity index is 2.66. The molecule has 2 heteroatoms. The lowest BCUT2D eigenvalue weighted by molar-refractivity contribution is 0.588. The number of thioether (sulfide) groups is 1. The summed E-state index contributed by atoms with van der Waals surface area (Å²) in [6, 6.07) is 7.22. The number of hydrogen-bond acceptors (Lipinski definition) is 2. The van der Waals surface area contributed by atoms with Crippen LogP contribution >= 0.6 is 11.8 Å². The number of aryl methyl sites for hydroxylation is 1. The molecule has 0 atom stereocenters. The summed E-state index contributed by atoms with van der Waals surface area (Å²) in [6.45, 7) is 7.48. The van der Waals surface area contributed by atoms with Crippen LogP contribution in [0.1, 0.15) is 25.0 Å². The van der Waals surface area contributed by atoms with E-state index >= 15 is 0 Å². The second-order valence-electron chi connectivity index (χ2n) is 3.84. The van der Waals surface area contributed by atoms with Gasteiger partial charge in [0.2, 0.25) is 0 Å². The van der Waals surface area contributed by atoms with Gasteiger partial charge in [0.05, 0.1) is 0 Å². The molecule has 0 radical (unpaired) electrons. The smallest absolute Gasteiger partial charge is 0.0207 e. The van der Waals surface area contributed by atoms with E-state index in [1.54, 1.807) is 0 Å². The van der Waals surface area contributed by atoms with Gasteiger partial charge in [0, 0.05) is 17.5 Å². The van der Waals surface area contributed by atoms with Gasteiger partial charge in [-0.05, 0) is 30.4 Å². The Morgan fingerprint density at radius 2 is 2.07 bits per heavy atom. The van der Waals surface area contributed by atoms with E-state index in [0.717, 1.165) is 6.54 Å². The van der Waals surface area contributed by atoms with Gasteiger partial charge in [-0.25, -0.2) is 0 Å². The largest absolute Gasteiger partial charge is 0.310 e. The van der Waals surface area contributed by atoms with E-state index in [-0.39, 0.29) is 0 Å². The summed E-state index contributed by atoms with van der Waals surface area (Å²) in [5.74, 6) is 0. The van der Waals surface area contributed by atoms with Gasteiger partial charge >= 0.3 is 0 Å². The van der Waals surface area contributed by atoms with Gasteiger partial charge in [0.15, 0.2) is 0 Å². The molecule has 1 rings (SSSR count). The van der Waals surface area contributed by atoms with E-state index < -0.39 is 0 Å². The minimum absolute atomic E-state index is 0.551. The average Bonchev–Trinajstić information content (AvgIpc) is 2.15. The lowest BCUT2D eigenvalue weighted by atomic mass is 10.1. The van der Waals surface area contributed by atoms with Gasteiger partial charge < -0.3 is 5.32 Å². The van der Waals surface area contributed by atoms with Crippen LogP contribution in [0.25, 0.3) is 0 Å². The zero-order chi connectivity index (χ0) is 10.6. The van der Waals surface area contributed by atoms with Gasteiger partial charge in [0.1, 0.15) is 0 Å². The summed E-state index contributed by atoms with van der Waals surface area (Å²) in [5.41, 5.74) is 2.74. The maximum absolute atomic E-state index is 3.42. The van der Waals surface area contributed by atoms with Gasteiger partial charge in [-0.2, -0.15) is 0 Å². The first-order chi connectivity index (χ1) is 6.63. The first-order valence-electron chi connectivity index (χ1n) is 5.00. The summed E-state index contributed by atoms with van der Waals surface area (Å²) in [4.78, 5) is 1.37. The molecule has 0 fully saturated rings. The zero-order valence-electron chi connectivity index (χ0n) is 9.42. The Labute approximate surface area is 91.3 Å². The molecule has 0 heterocycles. The SMILES string of the molecule is CSc1ccc(CNC(C)C)cc1C. The van der Waals surface area contributed by atoms with Crippen molar-refractivity contribution in [1.82, 2.24) is 5.32 Å². The molecule has 0 aliphatic rings. The quantitative estimate of drug-likeness (QED) is 0.764. The third kappa shape index (κ3) is 3.35. The fourth-order valence-electron chi connectivity index (χ4n) is 1.37. The molecule has 0 bridgehead atoms. The third-order valence-electron chi connectivity index (χ3n) is 2.17. The average molecular weight is 209 g/mol. The minimum atomic E-state index is 0.551. The molecule has 78 valence electrons. The lowest BCUT2D eigenvalue weighted by Crippen LogP contribution is -2.21. The van der Waals surface area contributed by atoms with Crippen molar-refractivity contribution in [2.75, 3.05) is 6.26 Å². The van der Waals surface area contributed by atoms with Crippen molar-refractivity contribution in [2.24, 2.45) is 0 Å². The van der Waals surface area contributed by atoms with Crippen molar-refractivity contribution in [3.05, 3.63) is 29.3 Å². The van der Waals surface area contributed by atoms with Gasteiger partial charge in [0.25, 0.3) is 0 Å². The monoisotopic (exact) mass is 209 g/mol. The van der Waals surface area contributed by atoms with Gasteiger partial charge in [-0.15, -0.1) is 11.8 Å². The second-order valence-corrected chi connectivity index (χ2v) is 4.69. The number of hydrogen-bond donors (Lipinski definition) is 1. The predicted molar refractivity (Wildman–Crippen MR) is 64.9 cm³/mol. The van der Waals surface area contributed by atoms with Crippen LogP contribution in [0.3, 0.4) is 0 Å². The minimum Gasteiger partial charge on any atom is -0.310 e. The first kappa shape index (κ1) is 11.6. The zero-order valence-corrected chi connectivity index (χ0v) is 10.2. The van der Waals surface area contributed by atoms with Crippen molar-refractivity contribution in [2.45, 2.75) is 38.3 Å². The predicted octanol–water partition coefficient (Wildman–Crippen LogP) is 3.21. The molecule has 1 N–H and O–H groups in total. The van der Waals surface area contributed by atoms with E-state index in [0.29, 0.717) is 6.04 Å². The number of benzene rings is 1. The van der Waals surface area contributed by atoms with Crippen LogP contribution < -0.4 is 5.32 Å². The fraction of sp³-hybridized carbons (Fsp3) is 0.500. The summed E-state index contributed by atoms with van der Waals surface area (Å²) in [6.07, 6.45) is 2.12. The molecule has 0 unspecified atom stereocenters. The van der Waals surface area contributed by atoms with E-state index in [1.807, 2.05) is 11.8 Å². The lowest BCUT2D eigenvalue weighted by Gasteiger charge is -2.10. The van der Waals surface area contributed by atoms with Crippen LogP contribution in [0, 0.1) is 6.92 Å². The van der Waals surface area contributed by atoms with E-state index in [4.69, 9.17) is 0 Å². The Bertz CT molecular complexity index is 294. The highest BCUT2D eigenvalue weighted by atomic mass is 32.2. The molecule has 0 aliphatic heterocycles. The highest BCUT2D eigenvalue weighted by Crippen LogP contribution is 2.20. The van der Waals surface area contributed by atoms with Crippen LogP contribution in [0.2, 0.25) is 0 Å². The highest BCUT2D eigenvalue weighted by molar-refractivity contribution is 7.98. The Hall–Kier alpha value is -0.470. The number of nitrogens with one attached hydrogen (secondary N) is 1. The maximum atomic E-state index is 3.42. The summed E-state index contributed by atoms with van der Waals surface area (Å²) < 4.78 is 0. The van der Waals surface area contributed by atoms with Crippen molar-refractivity contribution in [3.63, 3.8) is 0 Å². The Morgan fingerprint density at radius 1 is 1.36 bits per heavy atom. The normalized spacial score (nSPS) is 10.9. The molecular weight excluding hydrogens is 190 g/mol. The first-order valence-corrected chi connectivity index (χ1v) is 6.23. The van der Waals surface area contributed by atoms with Crippen molar-refractivity contribution < 1.29 is 0 Å². The van der Waals surface area contributed by atoms with Crippen LogP contribution in [-0.2, 0) is 6.54 Å². The van der Waals surface area contributed by atoms with Crippen LogP contribution in [-0.4, -0.2) is 12.3 Å². The van der Waals surface area contributed by atoms with E-state index in [9.17, 15) is 0 Å². The van der Waals surface area contributed by atoms with Gasteiger partial charge in [-0.3, -0.25) is 0 Å². The molecule has 14 heavy (non-hydrogen) atoms.